The first kappa shape index (κ1) is 9.51. The summed E-state index contributed by atoms with van der Waals surface area (Å²) >= 11 is 0. The molecule has 0 saturated heterocycles. The molecule has 0 amide bonds. The van der Waals surface area contributed by atoms with Crippen LogP contribution in [0.3, 0.4) is 0 Å². The molecule has 3 nitrogen and oxygen atoms in total. The third-order valence-electron chi connectivity index (χ3n) is 4.34. The predicted molar refractivity (Wildman–Crippen MR) is 69.5 cm³/mol. The summed E-state index contributed by atoms with van der Waals surface area (Å²) in [5.41, 5.74) is 3.22. The highest BCUT2D eigenvalue weighted by molar-refractivity contribution is 5.93. The summed E-state index contributed by atoms with van der Waals surface area (Å²) in [6, 6.07) is 9.11. The van der Waals surface area contributed by atoms with Crippen molar-refractivity contribution in [3.8, 4) is 0 Å². The van der Waals surface area contributed by atoms with Crippen LogP contribution in [0, 0.1) is 5.41 Å². The fourth-order valence-electron chi connectivity index (χ4n) is 3.20. The molecule has 1 aliphatic carbocycles. The molecule has 0 radical (unpaired) electrons. The molecule has 17 heavy (non-hydrogen) atoms. The number of rotatable bonds is 1. The highest BCUT2D eigenvalue weighted by atomic mass is 15.1. The van der Waals surface area contributed by atoms with E-state index in [2.05, 4.69) is 39.9 Å². The van der Waals surface area contributed by atoms with Crippen molar-refractivity contribution in [2.45, 2.75) is 25.3 Å². The summed E-state index contributed by atoms with van der Waals surface area (Å²) in [7, 11) is 0. The van der Waals surface area contributed by atoms with Crippen LogP contribution in [0.1, 0.15) is 18.4 Å². The maximum atomic E-state index is 4.61. The van der Waals surface area contributed by atoms with Crippen LogP contribution in [-0.4, -0.2) is 25.0 Å². The van der Waals surface area contributed by atoms with E-state index in [1.165, 1.54) is 36.3 Å². The maximum absolute atomic E-state index is 4.61. The van der Waals surface area contributed by atoms with Crippen molar-refractivity contribution in [3.63, 3.8) is 0 Å². The molecule has 1 aromatic rings. The number of nitrogens with zero attached hydrogens (tertiary/aromatic N) is 1. The summed E-state index contributed by atoms with van der Waals surface area (Å²) in [6.45, 7) is 1.94. The minimum atomic E-state index is 0.417. The largest absolute Gasteiger partial charge is 0.374 e. The molecular formula is C14H17N3. The second-order valence-electron chi connectivity index (χ2n) is 5.47. The molecule has 2 aliphatic heterocycles. The highest BCUT2D eigenvalue weighted by Gasteiger charge is 2.53. The molecule has 1 fully saturated rings. The Bertz CT molecular complexity index is 488. The lowest BCUT2D eigenvalue weighted by atomic mass is 9.83. The predicted octanol–water partition coefficient (Wildman–Crippen LogP) is 1.81. The van der Waals surface area contributed by atoms with Crippen LogP contribution in [-0.2, 0) is 6.42 Å². The van der Waals surface area contributed by atoms with Crippen LogP contribution >= 0.6 is 0 Å². The molecule has 2 N–H and O–H groups in total. The van der Waals surface area contributed by atoms with E-state index in [1.807, 2.05) is 0 Å². The second kappa shape index (κ2) is 3.25. The first-order chi connectivity index (χ1) is 8.37. The van der Waals surface area contributed by atoms with Crippen LogP contribution in [0.5, 0.6) is 0 Å². The van der Waals surface area contributed by atoms with Gasteiger partial charge in [-0.15, -0.1) is 0 Å². The Morgan fingerprint density at radius 2 is 2.12 bits per heavy atom. The number of aliphatic imine (C=N–C) groups is 1. The topological polar surface area (TPSA) is 36.4 Å². The van der Waals surface area contributed by atoms with Crippen molar-refractivity contribution < 1.29 is 0 Å². The zero-order valence-corrected chi connectivity index (χ0v) is 9.87. The molecule has 0 bridgehead atoms. The van der Waals surface area contributed by atoms with E-state index in [0.717, 1.165) is 13.1 Å². The van der Waals surface area contributed by atoms with Gasteiger partial charge in [-0.2, -0.15) is 0 Å². The Morgan fingerprint density at radius 3 is 2.88 bits per heavy atom. The second-order valence-corrected chi connectivity index (χ2v) is 5.47. The average Bonchev–Trinajstić information content (AvgIpc) is 2.93. The normalized spacial score (nSPS) is 28.0. The summed E-state index contributed by atoms with van der Waals surface area (Å²) in [4.78, 5) is 4.61. The van der Waals surface area contributed by atoms with Gasteiger partial charge in [0, 0.05) is 17.6 Å². The SMILES string of the molecule is c1ccc2c(c1)CC1(CC1)C(C1=NCCN1)N2. The molecule has 0 aromatic heterocycles. The van der Waals surface area contributed by atoms with Crippen molar-refractivity contribution in [2.75, 3.05) is 18.4 Å². The quantitative estimate of drug-likeness (QED) is 0.767. The number of para-hydroxylation sites is 1. The fraction of sp³-hybridized carbons (Fsp3) is 0.500. The van der Waals surface area contributed by atoms with Gasteiger partial charge in [0.15, 0.2) is 0 Å². The third-order valence-corrected chi connectivity index (χ3v) is 4.34. The van der Waals surface area contributed by atoms with Crippen molar-refractivity contribution in [3.05, 3.63) is 29.8 Å². The van der Waals surface area contributed by atoms with Crippen LogP contribution in [0.2, 0.25) is 0 Å². The molecule has 3 aliphatic rings. The number of hydrogen-bond donors (Lipinski definition) is 2. The Morgan fingerprint density at radius 1 is 1.24 bits per heavy atom. The Hall–Kier alpha value is -1.51. The van der Waals surface area contributed by atoms with E-state index < -0.39 is 0 Å². The standard InChI is InChI=1S/C14H17N3/c1-2-4-11-10(3-1)9-14(5-6-14)12(17-11)13-15-7-8-16-13/h1-4,12,17H,5-9H2,(H,15,16). The van der Waals surface area contributed by atoms with Crippen LogP contribution in [0.4, 0.5) is 5.69 Å². The van der Waals surface area contributed by atoms with Crippen molar-refractivity contribution in [1.82, 2.24) is 5.32 Å². The lowest BCUT2D eigenvalue weighted by Crippen LogP contribution is -2.47. The van der Waals surface area contributed by atoms with Crippen LogP contribution in [0.25, 0.3) is 0 Å². The molecule has 2 heterocycles. The molecule has 1 unspecified atom stereocenters. The highest BCUT2D eigenvalue weighted by Crippen LogP contribution is 2.55. The van der Waals surface area contributed by atoms with Crippen LogP contribution in [0.15, 0.2) is 29.3 Å². The summed E-state index contributed by atoms with van der Waals surface area (Å²) in [5, 5.41) is 7.14. The average molecular weight is 227 g/mol. The number of amidine groups is 1. The number of benzene rings is 1. The van der Waals surface area contributed by atoms with Crippen molar-refractivity contribution in [2.24, 2.45) is 10.4 Å². The van der Waals surface area contributed by atoms with E-state index in [9.17, 15) is 0 Å². The minimum absolute atomic E-state index is 0.417. The van der Waals surface area contributed by atoms with Gasteiger partial charge in [-0.3, -0.25) is 4.99 Å². The number of anilines is 1. The van der Waals surface area contributed by atoms with Gasteiger partial charge < -0.3 is 10.6 Å². The Kier molecular flexibility index (Phi) is 1.82. The van der Waals surface area contributed by atoms with Gasteiger partial charge in [-0.1, -0.05) is 18.2 Å². The van der Waals surface area contributed by atoms with E-state index in [-0.39, 0.29) is 0 Å². The van der Waals surface area contributed by atoms with Gasteiger partial charge in [0.1, 0.15) is 5.84 Å². The molecule has 1 aromatic carbocycles. The van der Waals surface area contributed by atoms with Gasteiger partial charge in [0.25, 0.3) is 0 Å². The molecule has 4 rings (SSSR count). The number of hydrogen-bond acceptors (Lipinski definition) is 3. The van der Waals surface area contributed by atoms with Crippen molar-refractivity contribution in [1.29, 1.82) is 0 Å². The molecule has 1 atom stereocenters. The molecule has 1 saturated carbocycles. The first-order valence-electron chi connectivity index (χ1n) is 6.50. The number of fused-ring (bicyclic) bond motifs is 1. The van der Waals surface area contributed by atoms with Gasteiger partial charge in [0.2, 0.25) is 0 Å². The summed E-state index contributed by atoms with van der Waals surface area (Å²) in [5.74, 6) is 1.19. The van der Waals surface area contributed by atoms with E-state index in [0.29, 0.717) is 11.5 Å². The first-order valence-corrected chi connectivity index (χ1v) is 6.50. The molecule has 1 spiro atoms. The monoisotopic (exact) mass is 227 g/mol. The molecular weight excluding hydrogens is 210 g/mol. The van der Waals surface area contributed by atoms with E-state index >= 15 is 0 Å². The zero-order valence-electron chi connectivity index (χ0n) is 9.87. The molecule has 88 valence electrons. The minimum Gasteiger partial charge on any atom is -0.374 e. The maximum Gasteiger partial charge on any atom is 0.120 e. The molecule has 3 heteroatoms. The number of nitrogens with one attached hydrogen (secondary N) is 2. The van der Waals surface area contributed by atoms with Gasteiger partial charge >= 0.3 is 0 Å². The lowest BCUT2D eigenvalue weighted by Gasteiger charge is -2.35. The lowest BCUT2D eigenvalue weighted by molar-refractivity contribution is 0.469. The smallest absolute Gasteiger partial charge is 0.120 e. The summed E-state index contributed by atoms with van der Waals surface area (Å²) < 4.78 is 0. The van der Waals surface area contributed by atoms with E-state index in [4.69, 9.17) is 0 Å². The van der Waals surface area contributed by atoms with E-state index in [1.54, 1.807) is 0 Å². The fourth-order valence-corrected chi connectivity index (χ4v) is 3.20. The van der Waals surface area contributed by atoms with Gasteiger partial charge in [0.05, 0.1) is 12.6 Å². The van der Waals surface area contributed by atoms with Crippen molar-refractivity contribution >= 4 is 11.5 Å². The van der Waals surface area contributed by atoms with Crippen LogP contribution < -0.4 is 10.6 Å². The Labute approximate surface area is 101 Å². The Balaban J connectivity index is 1.73. The third kappa shape index (κ3) is 1.38. The van der Waals surface area contributed by atoms with Gasteiger partial charge in [-0.25, -0.2) is 0 Å². The zero-order chi connectivity index (χ0) is 11.3. The van der Waals surface area contributed by atoms with Gasteiger partial charge in [-0.05, 0) is 30.9 Å². The summed E-state index contributed by atoms with van der Waals surface area (Å²) in [6.07, 6.45) is 3.88.